The quantitative estimate of drug-likeness (QED) is 0.640. The van der Waals surface area contributed by atoms with Crippen LogP contribution in [0.3, 0.4) is 0 Å². The van der Waals surface area contributed by atoms with Crippen molar-refractivity contribution in [2.24, 2.45) is 0 Å². The van der Waals surface area contributed by atoms with Crippen LogP contribution in [0.5, 0.6) is 0 Å². The van der Waals surface area contributed by atoms with Gasteiger partial charge in [0.1, 0.15) is 5.41 Å². The van der Waals surface area contributed by atoms with Gasteiger partial charge in [-0.2, -0.15) is 0 Å². The molecule has 1 heterocycles. The van der Waals surface area contributed by atoms with E-state index in [2.05, 4.69) is 11.3 Å². The Labute approximate surface area is 111 Å². The third-order valence-corrected chi connectivity index (χ3v) is 3.58. The molecule has 1 aromatic carbocycles. The number of esters is 1. The Kier molecular flexibility index (Phi) is 3.16. The van der Waals surface area contributed by atoms with Crippen LogP contribution in [0.15, 0.2) is 36.4 Å². The molecule has 0 aromatic heterocycles. The molecule has 100 valence electrons. The van der Waals surface area contributed by atoms with E-state index in [0.717, 1.165) is 0 Å². The molecule has 5 nitrogen and oxygen atoms in total. The number of aliphatic hydroxyl groups is 1. The summed E-state index contributed by atoms with van der Waals surface area (Å²) in [5.74, 6) is -1.08. The van der Waals surface area contributed by atoms with Gasteiger partial charge >= 0.3 is 5.97 Å². The van der Waals surface area contributed by atoms with Gasteiger partial charge < -0.3 is 14.7 Å². The van der Waals surface area contributed by atoms with Crippen LogP contribution in [-0.2, 0) is 19.7 Å². The molecule has 0 radical (unpaired) electrons. The summed E-state index contributed by atoms with van der Waals surface area (Å²) >= 11 is 0. The molecule has 2 rings (SSSR count). The zero-order valence-electron chi connectivity index (χ0n) is 10.8. The van der Waals surface area contributed by atoms with Gasteiger partial charge in [-0.1, -0.05) is 24.8 Å². The van der Waals surface area contributed by atoms with Crippen LogP contribution in [-0.4, -0.2) is 37.7 Å². The maximum absolute atomic E-state index is 12.5. The van der Waals surface area contributed by atoms with Crippen molar-refractivity contribution in [3.05, 3.63) is 42.0 Å². The summed E-state index contributed by atoms with van der Waals surface area (Å²) in [5.41, 5.74) is -0.273. The monoisotopic (exact) mass is 261 g/mol. The average molecular weight is 261 g/mol. The molecular formula is C14H15NO4. The second kappa shape index (κ2) is 4.51. The van der Waals surface area contributed by atoms with Crippen molar-refractivity contribution in [2.45, 2.75) is 5.41 Å². The molecular weight excluding hydrogens is 246 g/mol. The van der Waals surface area contributed by atoms with Crippen LogP contribution in [0.1, 0.15) is 5.56 Å². The lowest BCUT2D eigenvalue weighted by molar-refractivity contribution is -0.139. The van der Waals surface area contributed by atoms with E-state index >= 15 is 0 Å². The molecule has 0 saturated heterocycles. The zero-order chi connectivity index (χ0) is 14.2. The Bertz CT molecular complexity index is 566. The molecule has 1 aliphatic rings. The van der Waals surface area contributed by atoms with E-state index < -0.39 is 18.0 Å². The number of carbonyl (C=O) groups excluding carboxylic acids is 2. The molecule has 1 amide bonds. The van der Waals surface area contributed by atoms with Crippen molar-refractivity contribution in [1.29, 1.82) is 0 Å². The Morgan fingerprint density at radius 2 is 2.11 bits per heavy atom. The first-order chi connectivity index (χ1) is 9.00. The van der Waals surface area contributed by atoms with Crippen LogP contribution in [0, 0.1) is 0 Å². The minimum Gasteiger partial charge on any atom is -0.466 e. The first kappa shape index (κ1) is 13.3. The van der Waals surface area contributed by atoms with E-state index in [-0.39, 0.29) is 11.5 Å². The second-order valence-corrected chi connectivity index (χ2v) is 4.41. The number of nitrogens with zero attached hydrogens (tertiary/aromatic N) is 1. The molecule has 0 bridgehead atoms. The summed E-state index contributed by atoms with van der Waals surface area (Å²) in [6.45, 7) is 3.13. The highest BCUT2D eigenvalue weighted by atomic mass is 16.5. The predicted octanol–water partition coefficient (Wildman–Crippen LogP) is 0.622. The fraction of sp³-hybridized carbons (Fsp3) is 0.286. The number of carbonyl (C=O) groups is 2. The van der Waals surface area contributed by atoms with E-state index in [0.29, 0.717) is 11.3 Å². The van der Waals surface area contributed by atoms with Gasteiger partial charge in [-0.15, -0.1) is 0 Å². The molecule has 19 heavy (non-hydrogen) atoms. The van der Waals surface area contributed by atoms with Gasteiger partial charge in [0.25, 0.3) is 0 Å². The lowest BCUT2D eigenvalue weighted by Gasteiger charge is -2.26. The highest BCUT2D eigenvalue weighted by Crippen LogP contribution is 2.45. The topological polar surface area (TPSA) is 66.8 Å². The first-order valence-electron chi connectivity index (χ1n) is 5.77. The summed E-state index contributed by atoms with van der Waals surface area (Å²) in [4.78, 5) is 25.6. The number of likely N-dealkylation sites (N-methyl/N-ethyl adjacent to an activating group) is 1. The summed E-state index contributed by atoms with van der Waals surface area (Å²) in [6.07, 6.45) is 0. The smallest absolute Gasteiger partial charge is 0.334 e. The standard InChI is InChI=1S/C14H15NO4/c1-9(12(17)19-3)14(8-16)10-6-4-5-7-11(10)15(2)13(14)18/h4-7,16H,1,8H2,2-3H3. The van der Waals surface area contributed by atoms with Crippen molar-refractivity contribution in [3.63, 3.8) is 0 Å². The molecule has 1 aromatic rings. The molecule has 0 saturated carbocycles. The lowest BCUT2D eigenvalue weighted by atomic mass is 9.76. The second-order valence-electron chi connectivity index (χ2n) is 4.41. The minimum absolute atomic E-state index is 0.0562. The Morgan fingerprint density at radius 3 is 2.68 bits per heavy atom. The van der Waals surface area contributed by atoms with Gasteiger partial charge in [-0.05, 0) is 11.6 Å². The van der Waals surface area contributed by atoms with E-state index in [4.69, 9.17) is 0 Å². The number of rotatable bonds is 3. The SMILES string of the molecule is C=C(C(=O)OC)C1(CO)C(=O)N(C)c2ccccc21. The van der Waals surface area contributed by atoms with Crippen molar-refractivity contribution in [1.82, 2.24) is 0 Å². The number of hydrogen-bond donors (Lipinski definition) is 1. The van der Waals surface area contributed by atoms with Gasteiger partial charge in [0.05, 0.1) is 19.3 Å². The largest absolute Gasteiger partial charge is 0.466 e. The van der Waals surface area contributed by atoms with Gasteiger partial charge in [0, 0.05) is 12.7 Å². The summed E-state index contributed by atoms with van der Waals surface area (Å²) in [5, 5.41) is 9.75. The number of benzene rings is 1. The number of methoxy groups -OCH3 is 1. The summed E-state index contributed by atoms with van der Waals surface area (Å²) in [6, 6.07) is 7.01. The fourth-order valence-corrected chi connectivity index (χ4v) is 2.48. The predicted molar refractivity (Wildman–Crippen MR) is 69.8 cm³/mol. The number of fused-ring (bicyclic) bond motifs is 1. The Hall–Kier alpha value is -2.14. The van der Waals surface area contributed by atoms with Gasteiger partial charge in [-0.3, -0.25) is 4.79 Å². The van der Waals surface area contributed by atoms with Gasteiger partial charge in [0.15, 0.2) is 0 Å². The van der Waals surface area contributed by atoms with Crippen molar-refractivity contribution >= 4 is 17.6 Å². The Balaban J connectivity index is 2.67. The number of para-hydroxylation sites is 1. The van der Waals surface area contributed by atoms with Gasteiger partial charge in [0.2, 0.25) is 5.91 Å². The Morgan fingerprint density at radius 1 is 1.47 bits per heavy atom. The summed E-state index contributed by atoms with van der Waals surface area (Å²) in [7, 11) is 2.82. The van der Waals surface area contributed by atoms with Crippen LogP contribution >= 0.6 is 0 Å². The van der Waals surface area contributed by atoms with Crippen molar-refractivity contribution in [2.75, 3.05) is 25.7 Å². The number of hydrogen-bond acceptors (Lipinski definition) is 4. The maximum Gasteiger partial charge on any atom is 0.334 e. The van der Waals surface area contributed by atoms with E-state index in [1.54, 1.807) is 31.3 Å². The minimum atomic E-state index is -1.45. The fourth-order valence-electron chi connectivity index (χ4n) is 2.48. The maximum atomic E-state index is 12.5. The van der Waals surface area contributed by atoms with Crippen LogP contribution in [0.4, 0.5) is 5.69 Å². The van der Waals surface area contributed by atoms with Crippen LogP contribution < -0.4 is 4.90 Å². The normalized spacial score (nSPS) is 21.2. The molecule has 1 atom stereocenters. The molecule has 0 spiro atoms. The number of anilines is 1. The van der Waals surface area contributed by atoms with E-state index in [1.165, 1.54) is 12.0 Å². The van der Waals surface area contributed by atoms with Crippen molar-refractivity contribution in [3.8, 4) is 0 Å². The van der Waals surface area contributed by atoms with Crippen molar-refractivity contribution < 1.29 is 19.4 Å². The molecule has 0 fully saturated rings. The molecule has 0 aliphatic carbocycles. The third kappa shape index (κ3) is 1.58. The van der Waals surface area contributed by atoms with E-state index in [9.17, 15) is 14.7 Å². The molecule has 5 heteroatoms. The average Bonchev–Trinajstić information content (AvgIpc) is 2.67. The van der Waals surface area contributed by atoms with Crippen LogP contribution in [0.2, 0.25) is 0 Å². The number of aliphatic hydroxyl groups excluding tert-OH is 1. The first-order valence-corrected chi connectivity index (χ1v) is 5.77. The number of amides is 1. The lowest BCUT2D eigenvalue weighted by Crippen LogP contribution is -2.45. The summed E-state index contributed by atoms with van der Waals surface area (Å²) < 4.78 is 4.63. The van der Waals surface area contributed by atoms with E-state index in [1.807, 2.05) is 0 Å². The molecule has 1 unspecified atom stereocenters. The third-order valence-electron chi connectivity index (χ3n) is 3.58. The zero-order valence-corrected chi connectivity index (χ0v) is 10.8. The highest BCUT2D eigenvalue weighted by Gasteiger charge is 2.53. The van der Waals surface area contributed by atoms with Crippen LogP contribution in [0.25, 0.3) is 0 Å². The number of ether oxygens (including phenoxy) is 1. The molecule has 1 aliphatic heterocycles. The molecule has 1 N–H and O–H groups in total. The van der Waals surface area contributed by atoms with Gasteiger partial charge in [-0.25, -0.2) is 4.79 Å². The highest BCUT2D eigenvalue weighted by molar-refractivity contribution is 6.15.